The highest BCUT2D eigenvalue weighted by Crippen LogP contribution is 2.25. The number of hydrogen-bond donors (Lipinski definition) is 6. The first-order valence-corrected chi connectivity index (χ1v) is 11.1. The summed E-state index contributed by atoms with van der Waals surface area (Å²) in [5, 5.41) is 21.1. The fraction of sp³-hybridized carbons (Fsp3) is 0.895. The first-order chi connectivity index (χ1) is 14.6. The van der Waals surface area contributed by atoms with Crippen molar-refractivity contribution in [2.75, 3.05) is 52.4 Å². The fourth-order valence-electron chi connectivity index (χ4n) is 5.24. The van der Waals surface area contributed by atoms with E-state index in [2.05, 4.69) is 32.3 Å². The number of ether oxygens (including phenoxy) is 1. The van der Waals surface area contributed by atoms with E-state index in [1.807, 2.05) is 5.01 Å². The number of rotatable bonds is 5. The molecular weight excluding hydrogens is 386 g/mol. The highest BCUT2D eigenvalue weighted by molar-refractivity contribution is 5.81. The largest absolute Gasteiger partial charge is 0.374 e. The maximum absolute atomic E-state index is 13.3. The molecule has 4 rings (SSSR count). The molecule has 8 N–H and O–H groups in total. The number of nitrogens with two attached hydrogens (primary N) is 2. The SMILES string of the molecule is N#CCC1CNC2C(C(=O)NC3CNCCC3N3CCOC(CN)C3)C(N)NN2C1. The summed E-state index contributed by atoms with van der Waals surface area (Å²) in [6, 6.07) is 2.50. The number of nitrogens with one attached hydrogen (secondary N) is 4. The van der Waals surface area contributed by atoms with Crippen LogP contribution in [0.15, 0.2) is 0 Å². The van der Waals surface area contributed by atoms with Gasteiger partial charge in [-0.2, -0.15) is 5.26 Å². The van der Waals surface area contributed by atoms with E-state index in [0.29, 0.717) is 26.1 Å². The third-order valence-corrected chi connectivity index (χ3v) is 6.81. The van der Waals surface area contributed by atoms with Crippen LogP contribution in [0.3, 0.4) is 0 Å². The van der Waals surface area contributed by atoms with Gasteiger partial charge in [0.2, 0.25) is 5.91 Å². The van der Waals surface area contributed by atoms with E-state index >= 15 is 0 Å². The van der Waals surface area contributed by atoms with Crippen LogP contribution in [0.2, 0.25) is 0 Å². The minimum atomic E-state index is -0.455. The summed E-state index contributed by atoms with van der Waals surface area (Å²) in [6.45, 7) is 5.95. The van der Waals surface area contributed by atoms with Crippen molar-refractivity contribution in [3.8, 4) is 6.07 Å². The number of nitrogens with zero attached hydrogens (tertiary/aromatic N) is 3. The molecule has 4 saturated heterocycles. The van der Waals surface area contributed by atoms with Gasteiger partial charge in [-0.15, -0.1) is 0 Å². The van der Waals surface area contributed by atoms with Gasteiger partial charge in [-0.25, -0.2) is 10.4 Å². The van der Waals surface area contributed by atoms with Crippen molar-refractivity contribution < 1.29 is 9.53 Å². The number of nitriles is 1. The highest BCUT2D eigenvalue weighted by atomic mass is 16.5. The molecule has 4 heterocycles. The van der Waals surface area contributed by atoms with Crippen molar-refractivity contribution in [1.29, 1.82) is 5.26 Å². The summed E-state index contributed by atoms with van der Waals surface area (Å²) < 4.78 is 5.72. The lowest BCUT2D eigenvalue weighted by atomic mass is 9.95. The molecular formula is C19H35N9O2. The van der Waals surface area contributed by atoms with Gasteiger partial charge in [0.1, 0.15) is 0 Å². The number of piperidine rings is 1. The van der Waals surface area contributed by atoms with Gasteiger partial charge in [0.25, 0.3) is 0 Å². The molecule has 11 heteroatoms. The molecule has 0 aromatic heterocycles. The minimum absolute atomic E-state index is 0.0129. The number of hydrazine groups is 1. The minimum Gasteiger partial charge on any atom is -0.374 e. The molecule has 0 radical (unpaired) electrons. The number of fused-ring (bicyclic) bond motifs is 1. The van der Waals surface area contributed by atoms with Gasteiger partial charge in [0.05, 0.1) is 43.1 Å². The molecule has 0 bridgehead atoms. The third kappa shape index (κ3) is 4.61. The van der Waals surface area contributed by atoms with E-state index in [-0.39, 0.29) is 36.2 Å². The lowest BCUT2D eigenvalue weighted by Gasteiger charge is -2.44. The van der Waals surface area contributed by atoms with E-state index < -0.39 is 12.1 Å². The normalized spacial score (nSPS) is 40.5. The molecule has 11 nitrogen and oxygen atoms in total. The number of amides is 1. The Bertz CT molecular complexity index is 644. The van der Waals surface area contributed by atoms with E-state index in [1.54, 1.807) is 0 Å². The van der Waals surface area contributed by atoms with Crippen molar-refractivity contribution in [1.82, 2.24) is 31.3 Å². The zero-order valence-corrected chi connectivity index (χ0v) is 17.4. The molecule has 4 aliphatic rings. The van der Waals surface area contributed by atoms with Crippen molar-refractivity contribution in [3.63, 3.8) is 0 Å². The fourth-order valence-corrected chi connectivity index (χ4v) is 5.24. The molecule has 0 aromatic carbocycles. The second kappa shape index (κ2) is 9.84. The molecule has 4 aliphatic heterocycles. The van der Waals surface area contributed by atoms with Crippen LogP contribution in [0, 0.1) is 23.2 Å². The Morgan fingerprint density at radius 2 is 2.20 bits per heavy atom. The van der Waals surface area contributed by atoms with E-state index in [9.17, 15) is 4.79 Å². The average molecular weight is 422 g/mol. The van der Waals surface area contributed by atoms with Crippen LogP contribution in [0.4, 0.5) is 0 Å². The van der Waals surface area contributed by atoms with Crippen molar-refractivity contribution >= 4 is 5.91 Å². The van der Waals surface area contributed by atoms with Gasteiger partial charge < -0.3 is 26.8 Å². The standard InChI is InChI=1S/C19H35N9O2/c20-3-1-12-8-24-18-16(17(22)26-28(18)10-12)19(29)25-14-9-23-4-2-15(14)27-5-6-30-13(7-21)11-27/h12-18,23-24,26H,1-2,4-11,21-22H2,(H,25,29). The van der Waals surface area contributed by atoms with E-state index in [4.69, 9.17) is 21.5 Å². The third-order valence-electron chi connectivity index (χ3n) is 6.81. The van der Waals surface area contributed by atoms with Gasteiger partial charge in [-0.1, -0.05) is 0 Å². The van der Waals surface area contributed by atoms with Crippen LogP contribution >= 0.6 is 0 Å². The van der Waals surface area contributed by atoms with Crippen LogP contribution in [0.25, 0.3) is 0 Å². The Morgan fingerprint density at radius 1 is 1.33 bits per heavy atom. The molecule has 1 amide bonds. The monoisotopic (exact) mass is 421 g/mol. The Balaban J connectivity index is 1.39. The molecule has 7 unspecified atom stereocenters. The lowest BCUT2D eigenvalue weighted by Crippen LogP contribution is -2.64. The Morgan fingerprint density at radius 3 is 3.00 bits per heavy atom. The van der Waals surface area contributed by atoms with Crippen molar-refractivity contribution in [2.24, 2.45) is 23.3 Å². The van der Waals surface area contributed by atoms with Crippen LogP contribution in [0.1, 0.15) is 12.8 Å². The van der Waals surface area contributed by atoms with Crippen molar-refractivity contribution in [3.05, 3.63) is 0 Å². The zero-order valence-electron chi connectivity index (χ0n) is 17.4. The lowest BCUT2D eigenvalue weighted by molar-refractivity contribution is -0.128. The average Bonchev–Trinajstić information content (AvgIpc) is 3.09. The summed E-state index contributed by atoms with van der Waals surface area (Å²) in [4.78, 5) is 15.7. The van der Waals surface area contributed by atoms with Crippen LogP contribution in [-0.4, -0.2) is 98.8 Å². The highest BCUT2D eigenvalue weighted by Gasteiger charge is 2.47. The maximum atomic E-state index is 13.3. The molecule has 7 atom stereocenters. The quantitative estimate of drug-likeness (QED) is 0.265. The van der Waals surface area contributed by atoms with Crippen LogP contribution < -0.4 is 32.8 Å². The summed E-state index contributed by atoms with van der Waals surface area (Å²) in [5.41, 5.74) is 15.3. The van der Waals surface area contributed by atoms with Gasteiger partial charge in [0, 0.05) is 51.7 Å². The topological polar surface area (TPSA) is 157 Å². The number of morpholine rings is 1. The van der Waals surface area contributed by atoms with E-state index in [0.717, 1.165) is 39.1 Å². The zero-order chi connectivity index (χ0) is 21.1. The predicted molar refractivity (Wildman–Crippen MR) is 110 cm³/mol. The number of carbonyl (C=O) groups excluding carboxylic acids is 1. The smallest absolute Gasteiger partial charge is 0.229 e. The molecule has 0 saturated carbocycles. The van der Waals surface area contributed by atoms with Gasteiger partial charge in [-0.3, -0.25) is 15.0 Å². The van der Waals surface area contributed by atoms with Crippen molar-refractivity contribution in [2.45, 2.75) is 43.4 Å². The number of carbonyl (C=O) groups is 1. The van der Waals surface area contributed by atoms with Gasteiger partial charge in [-0.05, 0) is 18.9 Å². The Hall–Kier alpha value is -1.36. The summed E-state index contributed by atoms with van der Waals surface area (Å²) >= 11 is 0. The summed E-state index contributed by atoms with van der Waals surface area (Å²) in [7, 11) is 0. The van der Waals surface area contributed by atoms with Crippen LogP contribution in [-0.2, 0) is 9.53 Å². The van der Waals surface area contributed by atoms with Crippen LogP contribution in [0.5, 0.6) is 0 Å². The molecule has 4 fully saturated rings. The Labute approximate surface area is 177 Å². The summed E-state index contributed by atoms with van der Waals surface area (Å²) in [6.07, 6.45) is 0.904. The second-order valence-electron chi connectivity index (χ2n) is 8.81. The number of hydrogen-bond acceptors (Lipinski definition) is 10. The molecule has 168 valence electrons. The first-order valence-electron chi connectivity index (χ1n) is 11.1. The van der Waals surface area contributed by atoms with Gasteiger partial charge in [0.15, 0.2) is 0 Å². The Kier molecular flexibility index (Phi) is 7.17. The molecule has 0 spiro atoms. The maximum Gasteiger partial charge on any atom is 0.229 e. The second-order valence-corrected chi connectivity index (χ2v) is 8.81. The molecule has 30 heavy (non-hydrogen) atoms. The van der Waals surface area contributed by atoms with E-state index in [1.165, 1.54) is 0 Å². The van der Waals surface area contributed by atoms with Gasteiger partial charge >= 0.3 is 0 Å². The molecule has 0 aliphatic carbocycles. The first kappa shape index (κ1) is 21.9. The summed E-state index contributed by atoms with van der Waals surface area (Å²) in [5.74, 6) is -0.190. The molecule has 0 aromatic rings. The predicted octanol–water partition coefficient (Wildman–Crippen LogP) is -3.33.